The molecule has 0 saturated carbocycles. The van der Waals surface area contributed by atoms with Crippen molar-refractivity contribution in [3.63, 3.8) is 0 Å². The maximum Gasteiger partial charge on any atom is 0.337 e. The monoisotopic (exact) mass is 485 g/mol. The number of rotatable bonds is 8. The molecule has 35 heavy (non-hydrogen) atoms. The molecule has 0 spiro atoms. The second-order valence-electron chi connectivity index (χ2n) is 9.00. The van der Waals surface area contributed by atoms with E-state index in [2.05, 4.69) is 5.32 Å². The molecule has 1 aliphatic carbocycles. The van der Waals surface area contributed by atoms with Crippen LogP contribution in [0.2, 0.25) is 0 Å². The number of carbonyl (C=O) groups excluding carboxylic acids is 3. The third kappa shape index (κ3) is 5.06. The number of nitrogens with one attached hydrogen (secondary N) is 1. The molecule has 8 heteroatoms. The Labute approximate surface area is 206 Å². The number of ether oxygens (including phenoxy) is 4. The average Bonchev–Trinajstić information content (AvgIpc) is 2.83. The first-order valence-electron chi connectivity index (χ1n) is 12.0. The van der Waals surface area contributed by atoms with Crippen molar-refractivity contribution in [2.75, 3.05) is 20.8 Å². The van der Waals surface area contributed by atoms with Gasteiger partial charge in [-0.05, 0) is 57.2 Å². The number of methoxy groups -OCH3 is 2. The summed E-state index contributed by atoms with van der Waals surface area (Å²) in [5, 5.41) is 3.27. The fourth-order valence-corrected chi connectivity index (χ4v) is 4.75. The summed E-state index contributed by atoms with van der Waals surface area (Å²) in [5.41, 5.74) is 2.71. The Hall–Kier alpha value is -3.29. The standard InChI is InChI=1S/C27H35NO7/c1-8-15(4)35-27(31)22-16(5)28-18-12-14(3)21(26(30)33-7)25(29)24(18)23(22)17-10-11-19(34-9-2)20(13-17)32-6/h10-11,13-15,21,23,28H,8-9,12H2,1-7H3/t14-,15-,21-,23-/m0/s1. The summed E-state index contributed by atoms with van der Waals surface area (Å²) in [5.74, 6) is -2.32. The minimum absolute atomic E-state index is 0.252. The molecule has 1 aliphatic heterocycles. The summed E-state index contributed by atoms with van der Waals surface area (Å²) in [6.45, 7) is 9.75. The largest absolute Gasteiger partial charge is 0.493 e. The molecule has 0 fully saturated rings. The predicted octanol–water partition coefficient (Wildman–Crippen LogP) is 4.05. The quantitative estimate of drug-likeness (QED) is 0.435. The Bertz CT molecular complexity index is 1070. The van der Waals surface area contributed by atoms with E-state index in [1.807, 2.05) is 33.8 Å². The van der Waals surface area contributed by atoms with Gasteiger partial charge in [0.25, 0.3) is 0 Å². The van der Waals surface area contributed by atoms with E-state index in [0.29, 0.717) is 59.1 Å². The van der Waals surface area contributed by atoms with Crippen LogP contribution in [0.25, 0.3) is 0 Å². The van der Waals surface area contributed by atoms with Crippen LogP contribution in [0, 0.1) is 11.8 Å². The van der Waals surface area contributed by atoms with E-state index in [-0.39, 0.29) is 17.8 Å². The zero-order chi connectivity index (χ0) is 25.9. The molecule has 1 aromatic rings. The highest BCUT2D eigenvalue weighted by atomic mass is 16.5. The lowest BCUT2D eigenvalue weighted by molar-refractivity contribution is -0.151. The Morgan fingerprint density at radius 3 is 2.49 bits per heavy atom. The zero-order valence-corrected chi connectivity index (χ0v) is 21.5. The third-order valence-corrected chi connectivity index (χ3v) is 6.67. The maximum atomic E-state index is 13.8. The molecule has 1 aromatic carbocycles. The third-order valence-electron chi connectivity index (χ3n) is 6.67. The lowest BCUT2D eigenvalue weighted by Crippen LogP contribution is -2.43. The van der Waals surface area contributed by atoms with Crippen LogP contribution in [0.15, 0.2) is 40.7 Å². The van der Waals surface area contributed by atoms with Crippen molar-refractivity contribution in [1.29, 1.82) is 0 Å². The van der Waals surface area contributed by atoms with Gasteiger partial charge in [-0.1, -0.05) is 19.9 Å². The average molecular weight is 486 g/mol. The molecule has 3 rings (SSSR count). The van der Waals surface area contributed by atoms with Gasteiger partial charge in [-0.3, -0.25) is 9.59 Å². The first-order valence-corrected chi connectivity index (χ1v) is 12.0. The van der Waals surface area contributed by atoms with Crippen LogP contribution >= 0.6 is 0 Å². The lowest BCUT2D eigenvalue weighted by atomic mass is 9.69. The smallest absolute Gasteiger partial charge is 0.337 e. The van der Waals surface area contributed by atoms with Crippen molar-refractivity contribution in [3.8, 4) is 11.5 Å². The first kappa shape index (κ1) is 26.3. The number of hydrogen-bond acceptors (Lipinski definition) is 8. The second-order valence-corrected chi connectivity index (χ2v) is 9.00. The Balaban J connectivity index is 2.20. The number of Topliss-reactive ketones (excluding diaryl/α,β-unsaturated/α-hetero) is 1. The highest BCUT2D eigenvalue weighted by molar-refractivity contribution is 6.12. The van der Waals surface area contributed by atoms with Crippen molar-refractivity contribution in [2.24, 2.45) is 11.8 Å². The number of esters is 2. The molecule has 8 nitrogen and oxygen atoms in total. The lowest BCUT2D eigenvalue weighted by Gasteiger charge is -2.38. The van der Waals surface area contributed by atoms with Crippen LogP contribution in [-0.4, -0.2) is 44.7 Å². The van der Waals surface area contributed by atoms with Crippen molar-refractivity contribution in [3.05, 3.63) is 46.3 Å². The van der Waals surface area contributed by atoms with Crippen LogP contribution in [0.5, 0.6) is 11.5 Å². The van der Waals surface area contributed by atoms with Crippen molar-refractivity contribution in [2.45, 2.75) is 59.5 Å². The van der Waals surface area contributed by atoms with E-state index >= 15 is 0 Å². The summed E-state index contributed by atoms with van der Waals surface area (Å²) in [7, 11) is 2.81. The van der Waals surface area contributed by atoms with Crippen molar-refractivity contribution < 1.29 is 33.3 Å². The molecule has 0 aromatic heterocycles. The highest BCUT2D eigenvalue weighted by Gasteiger charge is 2.47. The van der Waals surface area contributed by atoms with Crippen LogP contribution < -0.4 is 14.8 Å². The molecule has 0 unspecified atom stereocenters. The molecule has 1 heterocycles. The predicted molar refractivity (Wildman–Crippen MR) is 130 cm³/mol. The van der Waals surface area contributed by atoms with E-state index in [9.17, 15) is 14.4 Å². The van der Waals surface area contributed by atoms with Gasteiger partial charge < -0.3 is 24.3 Å². The first-order chi connectivity index (χ1) is 16.7. The zero-order valence-electron chi connectivity index (χ0n) is 21.5. The molecule has 0 amide bonds. The van der Waals surface area contributed by atoms with Gasteiger partial charge in [0.05, 0.1) is 32.5 Å². The molecule has 0 bridgehead atoms. The molecule has 2 aliphatic rings. The molecule has 4 atom stereocenters. The molecule has 1 N–H and O–H groups in total. The van der Waals surface area contributed by atoms with E-state index in [4.69, 9.17) is 18.9 Å². The van der Waals surface area contributed by atoms with Crippen LogP contribution in [0.1, 0.15) is 58.9 Å². The molecule has 190 valence electrons. The van der Waals surface area contributed by atoms with Crippen molar-refractivity contribution in [1.82, 2.24) is 5.32 Å². The summed E-state index contributed by atoms with van der Waals surface area (Å²) in [6.07, 6.45) is 0.830. The fraction of sp³-hybridized carbons (Fsp3) is 0.519. The molecular formula is C27H35NO7. The fourth-order valence-electron chi connectivity index (χ4n) is 4.75. The number of carbonyl (C=O) groups is 3. The summed E-state index contributed by atoms with van der Waals surface area (Å²) in [6, 6.07) is 5.35. The second kappa shape index (κ2) is 11.0. The van der Waals surface area contributed by atoms with Gasteiger partial charge in [0.2, 0.25) is 0 Å². The number of hydrogen-bond donors (Lipinski definition) is 1. The number of allylic oxidation sites excluding steroid dienone is 3. The maximum absolute atomic E-state index is 13.8. The summed E-state index contributed by atoms with van der Waals surface area (Å²) < 4.78 is 21.8. The minimum atomic E-state index is -0.946. The van der Waals surface area contributed by atoms with Crippen molar-refractivity contribution >= 4 is 17.7 Å². The number of dihydropyridines is 1. The van der Waals surface area contributed by atoms with Crippen LogP contribution in [-0.2, 0) is 23.9 Å². The van der Waals surface area contributed by atoms with Gasteiger partial charge in [-0.25, -0.2) is 4.79 Å². The van der Waals surface area contributed by atoms with E-state index in [1.165, 1.54) is 14.2 Å². The number of benzene rings is 1. The van der Waals surface area contributed by atoms with Gasteiger partial charge in [-0.15, -0.1) is 0 Å². The SMILES string of the molecule is CCOc1ccc([C@H]2C(C(=O)O[C@@H](C)CC)=C(C)NC3=C2C(=O)[C@@H](C(=O)OC)[C@@H](C)C3)cc1OC. The normalized spacial score (nSPS) is 22.7. The molecule has 0 radical (unpaired) electrons. The number of ketones is 1. The van der Waals surface area contributed by atoms with E-state index in [0.717, 1.165) is 0 Å². The van der Waals surface area contributed by atoms with Crippen LogP contribution in [0.3, 0.4) is 0 Å². The highest BCUT2D eigenvalue weighted by Crippen LogP contribution is 2.47. The van der Waals surface area contributed by atoms with Gasteiger partial charge in [0.1, 0.15) is 5.92 Å². The summed E-state index contributed by atoms with van der Waals surface area (Å²) >= 11 is 0. The molecule has 0 saturated heterocycles. The van der Waals surface area contributed by atoms with E-state index < -0.39 is 23.8 Å². The van der Waals surface area contributed by atoms with Gasteiger partial charge in [-0.2, -0.15) is 0 Å². The van der Waals surface area contributed by atoms with E-state index in [1.54, 1.807) is 19.1 Å². The van der Waals surface area contributed by atoms with Gasteiger partial charge in [0, 0.05) is 22.9 Å². The Morgan fingerprint density at radius 2 is 1.89 bits per heavy atom. The molecular weight excluding hydrogens is 450 g/mol. The Kier molecular flexibility index (Phi) is 8.25. The van der Waals surface area contributed by atoms with Crippen LogP contribution in [0.4, 0.5) is 0 Å². The van der Waals surface area contributed by atoms with Gasteiger partial charge in [0.15, 0.2) is 17.3 Å². The Morgan fingerprint density at radius 1 is 1.17 bits per heavy atom. The minimum Gasteiger partial charge on any atom is -0.493 e. The topological polar surface area (TPSA) is 100 Å². The summed E-state index contributed by atoms with van der Waals surface area (Å²) in [4.78, 5) is 39.8. The van der Waals surface area contributed by atoms with Gasteiger partial charge >= 0.3 is 11.9 Å².